The molecule has 1 aromatic heterocycles. The van der Waals surface area contributed by atoms with Crippen LogP contribution in [0.5, 0.6) is 5.75 Å². The summed E-state index contributed by atoms with van der Waals surface area (Å²) in [7, 11) is 2.16. The Morgan fingerprint density at radius 2 is 2.17 bits per heavy atom. The van der Waals surface area contributed by atoms with Crippen LogP contribution in [0, 0.1) is 6.92 Å². The van der Waals surface area contributed by atoms with Gasteiger partial charge in [-0.1, -0.05) is 18.2 Å². The van der Waals surface area contributed by atoms with Gasteiger partial charge in [0, 0.05) is 19.1 Å². The van der Waals surface area contributed by atoms with Gasteiger partial charge in [0.25, 0.3) is 0 Å². The summed E-state index contributed by atoms with van der Waals surface area (Å²) in [5.41, 5.74) is 0. The maximum Gasteiger partial charge on any atom is 0.208 e. The summed E-state index contributed by atoms with van der Waals surface area (Å²) in [6.45, 7) is 6.85. The second-order valence-electron chi connectivity index (χ2n) is 6.54. The lowest BCUT2D eigenvalue weighted by atomic mass is 10.2. The largest absolute Gasteiger partial charge is 0.494 e. The van der Waals surface area contributed by atoms with Crippen molar-refractivity contribution in [1.29, 1.82) is 0 Å². The van der Waals surface area contributed by atoms with Gasteiger partial charge in [0.2, 0.25) is 5.89 Å². The molecule has 0 spiro atoms. The molecule has 2 aromatic rings. The van der Waals surface area contributed by atoms with Gasteiger partial charge in [-0.25, -0.2) is 4.98 Å². The normalized spacial score (nSPS) is 18.4. The molecule has 1 atom stereocenters. The molecular weight excluding hydrogens is 302 g/mol. The molecule has 1 fully saturated rings. The predicted octanol–water partition coefficient (Wildman–Crippen LogP) is 2.96. The zero-order valence-electron chi connectivity index (χ0n) is 14.6. The quantitative estimate of drug-likeness (QED) is 0.697. The fraction of sp³-hybridized carbons (Fsp3) is 0.526. The standard InChI is InChI=1S/C19H27N3O2/c1-16-13-20-19(24-16)15-21(2)17-9-11-22(14-17)10-6-12-23-18-7-4-3-5-8-18/h3-5,7-8,13,17H,6,9-12,14-15H2,1-2H3/t17-/m0/s1. The zero-order valence-corrected chi connectivity index (χ0v) is 14.6. The molecule has 0 aliphatic carbocycles. The minimum absolute atomic E-state index is 0.576. The first-order valence-corrected chi connectivity index (χ1v) is 8.72. The minimum Gasteiger partial charge on any atom is -0.494 e. The van der Waals surface area contributed by atoms with Gasteiger partial charge < -0.3 is 14.1 Å². The van der Waals surface area contributed by atoms with Crippen LogP contribution in [0.25, 0.3) is 0 Å². The first-order valence-electron chi connectivity index (χ1n) is 8.72. The molecule has 1 aromatic carbocycles. The molecule has 1 saturated heterocycles. The Hall–Kier alpha value is -1.85. The van der Waals surface area contributed by atoms with E-state index in [9.17, 15) is 0 Å². The highest BCUT2D eigenvalue weighted by Crippen LogP contribution is 2.17. The number of likely N-dealkylation sites (N-methyl/N-ethyl adjacent to an activating group) is 1. The van der Waals surface area contributed by atoms with Gasteiger partial charge in [0.05, 0.1) is 19.3 Å². The topological polar surface area (TPSA) is 41.7 Å². The van der Waals surface area contributed by atoms with E-state index in [1.807, 2.05) is 37.3 Å². The third-order valence-corrected chi connectivity index (χ3v) is 4.56. The van der Waals surface area contributed by atoms with E-state index in [-0.39, 0.29) is 0 Å². The molecular formula is C19H27N3O2. The Bertz CT molecular complexity index is 614. The van der Waals surface area contributed by atoms with Gasteiger partial charge in [-0.15, -0.1) is 0 Å². The number of likely N-dealkylation sites (tertiary alicyclic amines) is 1. The number of hydrogen-bond acceptors (Lipinski definition) is 5. The van der Waals surface area contributed by atoms with Gasteiger partial charge in [0.1, 0.15) is 11.5 Å². The average molecular weight is 329 g/mol. The van der Waals surface area contributed by atoms with E-state index in [0.29, 0.717) is 6.04 Å². The average Bonchev–Trinajstić information content (AvgIpc) is 3.22. The number of hydrogen-bond donors (Lipinski definition) is 0. The van der Waals surface area contributed by atoms with E-state index in [0.717, 1.165) is 56.6 Å². The summed E-state index contributed by atoms with van der Waals surface area (Å²) in [6, 6.07) is 10.6. The molecule has 0 unspecified atom stereocenters. The van der Waals surface area contributed by atoms with Crippen LogP contribution >= 0.6 is 0 Å². The van der Waals surface area contributed by atoms with Gasteiger partial charge in [-0.2, -0.15) is 0 Å². The maximum absolute atomic E-state index is 5.76. The van der Waals surface area contributed by atoms with Crippen molar-refractivity contribution in [3.8, 4) is 5.75 Å². The van der Waals surface area contributed by atoms with Crippen LogP contribution in [0.15, 0.2) is 40.9 Å². The van der Waals surface area contributed by atoms with Crippen molar-refractivity contribution < 1.29 is 9.15 Å². The first-order chi connectivity index (χ1) is 11.7. The summed E-state index contributed by atoms with van der Waals surface area (Å²) >= 11 is 0. The summed E-state index contributed by atoms with van der Waals surface area (Å²) in [5.74, 6) is 2.65. The molecule has 24 heavy (non-hydrogen) atoms. The number of oxazole rings is 1. The van der Waals surface area contributed by atoms with E-state index in [4.69, 9.17) is 9.15 Å². The number of para-hydroxylation sites is 1. The molecule has 5 nitrogen and oxygen atoms in total. The van der Waals surface area contributed by atoms with E-state index in [1.54, 1.807) is 6.20 Å². The molecule has 2 heterocycles. The Morgan fingerprint density at radius 1 is 1.33 bits per heavy atom. The number of rotatable bonds is 8. The molecule has 1 aliphatic heterocycles. The van der Waals surface area contributed by atoms with Crippen molar-refractivity contribution in [1.82, 2.24) is 14.8 Å². The van der Waals surface area contributed by atoms with Gasteiger partial charge >= 0.3 is 0 Å². The highest BCUT2D eigenvalue weighted by atomic mass is 16.5. The zero-order chi connectivity index (χ0) is 16.8. The number of benzene rings is 1. The second kappa shape index (κ2) is 8.31. The molecule has 0 bridgehead atoms. The van der Waals surface area contributed by atoms with E-state index in [1.165, 1.54) is 6.42 Å². The predicted molar refractivity (Wildman–Crippen MR) is 94.1 cm³/mol. The minimum atomic E-state index is 0.576. The molecule has 0 N–H and O–H groups in total. The summed E-state index contributed by atoms with van der Waals surface area (Å²) < 4.78 is 11.3. The van der Waals surface area contributed by atoms with E-state index < -0.39 is 0 Å². The first kappa shape index (κ1) is 17.0. The number of aryl methyl sites for hydroxylation is 1. The van der Waals surface area contributed by atoms with Crippen molar-refractivity contribution >= 4 is 0 Å². The highest BCUT2D eigenvalue weighted by Gasteiger charge is 2.26. The third-order valence-electron chi connectivity index (χ3n) is 4.56. The molecule has 5 heteroatoms. The van der Waals surface area contributed by atoms with E-state index >= 15 is 0 Å². The van der Waals surface area contributed by atoms with Gasteiger partial charge in [0.15, 0.2) is 0 Å². The smallest absolute Gasteiger partial charge is 0.208 e. The Morgan fingerprint density at radius 3 is 2.92 bits per heavy atom. The van der Waals surface area contributed by atoms with Crippen molar-refractivity contribution in [2.45, 2.75) is 32.4 Å². The van der Waals surface area contributed by atoms with Crippen molar-refractivity contribution in [3.05, 3.63) is 48.2 Å². The molecule has 0 radical (unpaired) electrons. The summed E-state index contributed by atoms with van der Waals surface area (Å²) in [5, 5.41) is 0. The van der Waals surface area contributed by atoms with Crippen LogP contribution in [0.2, 0.25) is 0 Å². The second-order valence-corrected chi connectivity index (χ2v) is 6.54. The molecule has 130 valence electrons. The number of nitrogens with zero attached hydrogens (tertiary/aromatic N) is 3. The molecule has 1 aliphatic rings. The molecule has 3 rings (SSSR count). The Kier molecular flexibility index (Phi) is 5.88. The fourth-order valence-electron chi connectivity index (χ4n) is 3.19. The van der Waals surface area contributed by atoms with Gasteiger partial charge in [-0.05, 0) is 45.5 Å². The van der Waals surface area contributed by atoms with Crippen LogP contribution in [0.3, 0.4) is 0 Å². The van der Waals surface area contributed by atoms with Gasteiger partial charge in [-0.3, -0.25) is 4.90 Å². The summed E-state index contributed by atoms with van der Waals surface area (Å²) in [4.78, 5) is 9.17. The molecule has 0 amide bonds. The van der Waals surface area contributed by atoms with Crippen molar-refractivity contribution in [2.75, 3.05) is 33.3 Å². The Balaban J connectivity index is 1.34. The van der Waals surface area contributed by atoms with Crippen LogP contribution in [-0.2, 0) is 6.54 Å². The lowest BCUT2D eigenvalue weighted by Gasteiger charge is -2.23. The monoisotopic (exact) mass is 329 g/mol. The third kappa shape index (κ3) is 4.82. The highest BCUT2D eigenvalue weighted by molar-refractivity contribution is 5.20. The fourth-order valence-corrected chi connectivity index (χ4v) is 3.19. The number of aromatic nitrogens is 1. The van der Waals surface area contributed by atoms with Crippen LogP contribution in [0.4, 0.5) is 0 Å². The molecule has 0 saturated carbocycles. The SMILES string of the molecule is Cc1cnc(CN(C)[C@H]2CCN(CCCOc3ccccc3)C2)o1. The lowest BCUT2D eigenvalue weighted by Crippen LogP contribution is -2.34. The number of ether oxygens (including phenoxy) is 1. The summed E-state index contributed by atoms with van der Waals surface area (Å²) in [6.07, 6.45) is 4.05. The van der Waals surface area contributed by atoms with Crippen LogP contribution in [0.1, 0.15) is 24.5 Å². The Labute approximate surface area is 144 Å². The van der Waals surface area contributed by atoms with Crippen LogP contribution < -0.4 is 4.74 Å². The lowest BCUT2D eigenvalue weighted by molar-refractivity contribution is 0.201. The van der Waals surface area contributed by atoms with Crippen molar-refractivity contribution in [3.63, 3.8) is 0 Å². The van der Waals surface area contributed by atoms with Crippen LogP contribution in [-0.4, -0.2) is 54.1 Å². The maximum atomic E-state index is 5.76. The van der Waals surface area contributed by atoms with E-state index in [2.05, 4.69) is 21.8 Å². The van der Waals surface area contributed by atoms with Crippen molar-refractivity contribution in [2.24, 2.45) is 0 Å².